The van der Waals surface area contributed by atoms with Crippen molar-refractivity contribution in [1.29, 1.82) is 0 Å². The maximum absolute atomic E-state index is 13.0. The molecule has 2 aliphatic rings. The van der Waals surface area contributed by atoms with E-state index >= 15 is 0 Å². The molecule has 2 amide bonds. The number of carbonyl (C=O) groups is 3. The van der Waals surface area contributed by atoms with Gasteiger partial charge in [-0.25, -0.2) is 0 Å². The van der Waals surface area contributed by atoms with Crippen molar-refractivity contribution in [3.05, 3.63) is 32.7 Å². The number of carboxylic acids is 1. The van der Waals surface area contributed by atoms with Gasteiger partial charge in [0.15, 0.2) is 10.0 Å². The number of hydrogen-bond donors (Lipinski definition) is 1. The van der Waals surface area contributed by atoms with Gasteiger partial charge in [0, 0.05) is 17.9 Å². The third-order valence-electron chi connectivity index (χ3n) is 5.39. The first-order valence-corrected chi connectivity index (χ1v) is 13.5. The SMILES string of the molecule is Cc1nnc(SCC2=C(C(=O)[O-])N3C(=O)C(NC(=O)CCn4nc(C(F)(F)F)c(Cl)c4C)C3SC2)s1.[Na+]. The van der Waals surface area contributed by atoms with E-state index in [1.807, 2.05) is 0 Å². The fourth-order valence-electron chi connectivity index (χ4n) is 3.64. The second-order valence-electron chi connectivity index (χ2n) is 7.79. The van der Waals surface area contributed by atoms with E-state index < -0.39 is 46.1 Å². The maximum Gasteiger partial charge on any atom is 1.00 e. The zero-order valence-electron chi connectivity index (χ0n) is 19.6. The molecule has 0 spiro atoms. The molecule has 0 radical (unpaired) electrons. The minimum absolute atomic E-state index is 0. The maximum atomic E-state index is 13.0. The number of fused-ring (bicyclic) bond motifs is 1. The number of hydrogen-bond acceptors (Lipinski definition) is 10. The van der Waals surface area contributed by atoms with Crippen LogP contribution in [0.4, 0.5) is 13.2 Å². The first-order chi connectivity index (χ1) is 16.9. The number of nitrogens with zero attached hydrogens (tertiary/aromatic N) is 5. The number of alkyl halides is 3. The fraction of sp³-hybridized carbons (Fsp3) is 0.474. The third-order valence-corrected chi connectivity index (χ3v) is 9.24. The van der Waals surface area contributed by atoms with Gasteiger partial charge in [-0.15, -0.1) is 22.0 Å². The number of aliphatic carboxylic acids is 1. The van der Waals surface area contributed by atoms with Crippen molar-refractivity contribution in [2.75, 3.05) is 11.5 Å². The molecule has 194 valence electrons. The Labute approximate surface area is 248 Å². The number of nitrogens with one attached hydrogen (secondary N) is 1. The first kappa shape index (κ1) is 30.2. The summed E-state index contributed by atoms with van der Waals surface area (Å²) >= 11 is 9.68. The van der Waals surface area contributed by atoms with Crippen molar-refractivity contribution >= 4 is 64.2 Å². The number of carbonyl (C=O) groups excluding carboxylic acids is 3. The van der Waals surface area contributed by atoms with Crippen LogP contribution < -0.4 is 40.0 Å². The predicted molar refractivity (Wildman–Crippen MR) is 124 cm³/mol. The van der Waals surface area contributed by atoms with Gasteiger partial charge in [0.25, 0.3) is 5.91 Å². The number of aryl methyl sites for hydroxylation is 2. The number of β-lactam (4-membered cyclic amide) rings is 1. The van der Waals surface area contributed by atoms with Crippen molar-refractivity contribution in [2.24, 2.45) is 0 Å². The Kier molecular flexibility index (Phi) is 9.68. The summed E-state index contributed by atoms with van der Waals surface area (Å²) in [5, 5.41) is 25.3. The summed E-state index contributed by atoms with van der Waals surface area (Å²) in [7, 11) is 0. The van der Waals surface area contributed by atoms with Gasteiger partial charge in [-0.3, -0.25) is 19.2 Å². The number of carboxylic acid groups (broad SMARTS) is 1. The van der Waals surface area contributed by atoms with Gasteiger partial charge >= 0.3 is 35.7 Å². The molecular formula is C19H17ClF3N6NaO4S3. The zero-order chi connectivity index (χ0) is 26.4. The van der Waals surface area contributed by atoms with E-state index in [4.69, 9.17) is 11.6 Å². The first-order valence-electron chi connectivity index (χ1n) is 10.3. The van der Waals surface area contributed by atoms with Crippen LogP contribution in [-0.4, -0.2) is 65.6 Å². The van der Waals surface area contributed by atoms with Crippen LogP contribution in [0.5, 0.6) is 0 Å². The van der Waals surface area contributed by atoms with E-state index in [0.717, 1.165) is 14.6 Å². The number of rotatable bonds is 8. The quantitative estimate of drug-likeness (QED) is 0.220. The average molecular weight is 605 g/mol. The summed E-state index contributed by atoms with van der Waals surface area (Å²) < 4.78 is 40.6. The van der Waals surface area contributed by atoms with Gasteiger partial charge in [0.1, 0.15) is 16.4 Å². The summed E-state index contributed by atoms with van der Waals surface area (Å²) in [4.78, 5) is 38.1. The molecule has 4 rings (SSSR count). The average Bonchev–Trinajstić information content (AvgIpc) is 3.36. The van der Waals surface area contributed by atoms with Gasteiger partial charge in [0.2, 0.25) is 5.91 Å². The number of aromatic nitrogens is 4. The molecule has 2 atom stereocenters. The van der Waals surface area contributed by atoms with Gasteiger partial charge in [-0.2, -0.15) is 18.3 Å². The van der Waals surface area contributed by atoms with E-state index in [-0.39, 0.29) is 59.7 Å². The van der Waals surface area contributed by atoms with Crippen molar-refractivity contribution in [2.45, 2.75) is 48.7 Å². The molecule has 1 saturated heterocycles. The number of amides is 2. The Bertz CT molecular complexity index is 1270. The predicted octanol–water partition coefficient (Wildman–Crippen LogP) is -1.39. The largest absolute Gasteiger partial charge is 1.00 e. The van der Waals surface area contributed by atoms with E-state index in [2.05, 4.69) is 20.6 Å². The summed E-state index contributed by atoms with van der Waals surface area (Å²) in [6.07, 6.45) is -4.99. The van der Waals surface area contributed by atoms with Crippen LogP contribution in [0.3, 0.4) is 0 Å². The molecule has 10 nitrogen and oxygen atoms in total. The Morgan fingerprint density at radius 2 is 2.00 bits per heavy atom. The minimum atomic E-state index is -4.73. The molecular weight excluding hydrogens is 588 g/mol. The molecule has 4 heterocycles. The normalized spacial score (nSPS) is 19.3. The molecule has 2 aromatic heterocycles. The molecule has 1 N–H and O–H groups in total. The van der Waals surface area contributed by atoms with Crippen LogP contribution >= 0.6 is 46.5 Å². The number of thioether (sulfide) groups is 2. The summed E-state index contributed by atoms with van der Waals surface area (Å²) in [6.45, 7) is 2.96. The topological polar surface area (TPSA) is 133 Å². The van der Waals surface area contributed by atoms with Gasteiger partial charge in [-0.1, -0.05) is 34.7 Å². The molecule has 0 bridgehead atoms. The Morgan fingerprint density at radius 1 is 1.30 bits per heavy atom. The van der Waals surface area contributed by atoms with Crippen LogP contribution in [0.15, 0.2) is 15.6 Å². The van der Waals surface area contributed by atoms with Crippen molar-refractivity contribution in [1.82, 2.24) is 30.2 Å². The summed E-state index contributed by atoms with van der Waals surface area (Å²) in [5.74, 6) is -2.11. The molecule has 0 aromatic carbocycles. The molecule has 37 heavy (non-hydrogen) atoms. The second-order valence-corrected chi connectivity index (χ2v) is 11.7. The summed E-state index contributed by atoms with van der Waals surface area (Å²) in [5.41, 5.74) is -0.895. The Morgan fingerprint density at radius 3 is 2.57 bits per heavy atom. The monoisotopic (exact) mass is 604 g/mol. The Hall–Kier alpha value is -1.30. The summed E-state index contributed by atoms with van der Waals surface area (Å²) in [6, 6.07) is -0.968. The standard InChI is InChI=1S/C19H18ClF3N6O4S3.Na/c1-7-11(20)14(19(21,22)23)27-28(7)4-3-10(30)24-12-15(31)29-13(17(32)33)9(5-34-16(12)29)6-35-18-26-25-8(2)36-18;/h12,16H,3-6H2,1-2H3,(H,24,30)(H,32,33);/q;+1/p-1. The van der Waals surface area contributed by atoms with Gasteiger partial charge < -0.3 is 15.2 Å². The fourth-order valence-corrected chi connectivity index (χ4v) is 7.19. The second kappa shape index (κ2) is 11.8. The third kappa shape index (κ3) is 6.31. The number of halogens is 4. The minimum Gasteiger partial charge on any atom is -0.543 e. The van der Waals surface area contributed by atoms with E-state index in [1.54, 1.807) is 6.92 Å². The van der Waals surface area contributed by atoms with E-state index in [1.165, 1.54) is 41.8 Å². The molecule has 0 saturated carbocycles. The molecule has 2 aliphatic heterocycles. The van der Waals surface area contributed by atoms with Crippen molar-refractivity contribution < 1.29 is 62.2 Å². The van der Waals surface area contributed by atoms with E-state index in [0.29, 0.717) is 15.7 Å². The Balaban J connectivity index is 0.00000380. The van der Waals surface area contributed by atoms with Crippen molar-refractivity contribution in [3.63, 3.8) is 0 Å². The van der Waals surface area contributed by atoms with Crippen LogP contribution in [0.1, 0.15) is 22.8 Å². The van der Waals surface area contributed by atoms with Crippen LogP contribution in [-0.2, 0) is 27.1 Å². The smallest absolute Gasteiger partial charge is 0.543 e. The van der Waals surface area contributed by atoms with Crippen molar-refractivity contribution in [3.8, 4) is 0 Å². The molecule has 2 unspecified atom stereocenters. The molecule has 1 fully saturated rings. The van der Waals surface area contributed by atoms with E-state index in [9.17, 15) is 32.7 Å². The van der Waals surface area contributed by atoms with Crippen LogP contribution in [0.25, 0.3) is 0 Å². The van der Waals surface area contributed by atoms with Crippen LogP contribution in [0.2, 0.25) is 5.02 Å². The van der Waals surface area contributed by atoms with Crippen LogP contribution in [0, 0.1) is 13.8 Å². The van der Waals surface area contributed by atoms with Gasteiger partial charge in [-0.05, 0) is 19.4 Å². The molecule has 18 heteroatoms. The van der Waals surface area contributed by atoms with Gasteiger partial charge in [0.05, 0.1) is 28.9 Å². The molecule has 0 aliphatic carbocycles. The zero-order valence-corrected chi connectivity index (χ0v) is 24.8. The molecule has 2 aromatic rings.